The minimum absolute atomic E-state index is 0.0566. The molecule has 0 saturated carbocycles. The molecule has 2 aromatic carbocycles. The minimum Gasteiger partial charge on any atom is -0.497 e. The molecular formula is C20H7F10NO4. The summed E-state index contributed by atoms with van der Waals surface area (Å²) in [4.78, 5) is 4.36. The van der Waals surface area contributed by atoms with Crippen molar-refractivity contribution in [1.82, 2.24) is 0 Å². The van der Waals surface area contributed by atoms with Gasteiger partial charge in [-0.15, -0.1) is 0 Å². The van der Waals surface area contributed by atoms with E-state index in [0.29, 0.717) is 5.75 Å². The first kappa shape index (κ1) is 24.2. The molecule has 2 aliphatic rings. The Bertz CT molecular complexity index is 1270. The molecule has 15 heteroatoms. The molecule has 1 aliphatic heterocycles. The molecule has 1 spiro atoms. The topological polar surface area (TPSA) is 49.3 Å². The van der Waals surface area contributed by atoms with Crippen LogP contribution in [0.2, 0.25) is 0 Å². The molecule has 0 unspecified atom stereocenters. The lowest BCUT2D eigenvalue weighted by Crippen LogP contribution is -2.46. The zero-order valence-electron chi connectivity index (χ0n) is 16.7. The Kier molecular flexibility index (Phi) is 5.60. The highest BCUT2D eigenvalue weighted by Crippen LogP contribution is 2.53. The molecule has 0 amide bonds. The number of alkyl halides is 1. The van der Waals surface area contributed by atoms with Gasteiger partial charge < -0.3 is 19.0 Å². The van der Waals surface area contributed by atoms with E-state index in [2.05, 4.69) is 14.7 Å². The summed E-state index contributed by atoms with van der Waals surface area (Å²) in [5.74, 6) is -37.3. The third-order valence-electron chi connectivity index (χ3n) is 4.77. The SMILES string of the molecule is COc1ccc(C2=NOC3(O2)C(F)=C(F)C(F)(Oc2c(F)c(F)c(F)c(F)c2F)C(F)=C3F)cc1. The predicted molar refractivity (Wildman–Crippen MR) is 93.6 cm³/mol. The predicted octanol–water partition coefficient (Wildman–Crippen LogP) is 5.86. The van der Waals surface area contributed by atoms with Crippen LogP contribution in [0.25, 0.3) is 0 Å². The average Bonchev–Trinajstić information content (AvgIpc) is 3.32. The number of nitrogens with zero attached hydrogens (tertiary/aromatic N) is 1. The lowest BCUT2D eigenvalue weighted by atomic mass is 10.0. The van der Waals surface area contributed by atoms with Crippen LogP contribution >= 0.6 is 0 Å². The van der Waals surface area contributed by atoms with Crippen LogP contribution in [0.1, 0.15) is 5.56 Å². The Hall–Kier alpha value is -3.91. The van der Waals surface area contributed by atoms with Crippen molar-refractivity contribution < 1.29 is 63.0 Å². The number of methoxy groups -OCH3 is 1. The first-order valence-corrected chi connectivity index (χ1v) is 9.00. The van der Waals surface area contributed by atoms with Gasteiger partial charge in [0, 0.05) is 5.56 Å². The Morgan fingerprint density at radius 3 is 1.69 bits per heavy atom. The fourth-order valence-electron chi connectivity index (χ4n) is 2.96. The smallest absolute Gasteiger partial charge is 0.389 e. The van der Waals surface area contributed by atoms with Gasteiger partial charge in [0.2, 0.25) is 58.1 Å². The van der Waals surface area contributed by atoms with Crippen molar-refractivity contribution in [1.29, 1.82) is 0 Å². The van der Waals surface area contributed by atoms with Crippen molar-refractivity contribution in [2.45, 2.75) is 11.6 Å². The zero-order chi connectivity index (χ0) is 25.9. The molecule has 2 aromatic rings. The summed E-state index contributed by atoms with van der Waals surface area (Å²) in [6.07, 6.45) is 0. The number of hydrogen-bond donors (Lipinski definition) is 0. The molecule has 0 atom stereocenters. The van der Waals surface area contributed by atoms with Gasteiger partial charge in [-0.3, -0.25) is 0 Å². The zero-order valence-corrected chi connectivity index (χ0v) is 16.7. The van der Waals surface area contributed by atoms with Crippen LogP contribution in [0.4, 0.5) is 43.9 Å². The van der Waals surface area contributed by atoms with Gasteiger partial charge in [0.05, 0.1) is 7.11 Å². The average molecular weight is 515 g/mol. The summed E-state index contributed by atoms with van der Waals surface area (Å²) >= 11 is 0. The highest BCUT2D eigenvalue weighted by molar-refractivity contribution is 5.95. The van der Waals surface area contributed by atoms with Gasteiger partial charge in [0.15, 0.2) is 0 Å². The Morgan fingerprint density at radius 1 is 0.714 bits per heavy atom. The first-order valence-electron chi connectivity index (χ1n) is 9.00. The molecule has 0 radical (unpaired) electrons. The van der Waals surface area contributed by atoms with Crippen molar-refractivity contribution >= 4 is 5.90 Å². The first-order chi connectivity index (χ1) is 16.4. The fraction of sp³-hybridized carbons (Fsp3) is 0.150. The molecule has 5 nitrogen and oxygen atoms in total. The molecule has 0 bridgehead atoms. The summed E-state index contributed by atoms with van der Waals surface area (Å²) in [6, 6.07) is 5.11. The maximum absolute atomic E-state index is 15.0. The van der Waals surface area contributed by atoms with Crippen LogP contribution in [0.3, 0.4) is 0 Å². The quantitative estimate of drug-likeness (QED) is 0.291. The van der Waals surface area contributed by atoms with Gasteiger partial charge in [0.1, 0.15) is 5.75 Å². The number of benzene rings is 2. The second-order valence-corrected chi connectivity index (χ2v) is 6.79. The molecule has 186 valence electrons. The standard InChI is InChI=1S/C20H7F10NO4/c1-32-7-4-2-6(3-5-7)18-31-35-20(34-18)16(28)14(26)19(30,15(27)17(20)29)33-13-11(24)9(22)8(21)10(23)12(13)25/h2-5H,1H3. The van der Waals surface area contributed by atoms with E-state index in [1.807, 2.05) is 0 Å². The summed E-state index contributed by atoms with van der Waals surface area (Å²) in [6.45, 7) is 0. The minimum atomic E-state index is -5.16. The van der Waals surface area contributed by atoms with Crippen LogP contribution in [0.5, 0.6) is 11.5 Å². The van der Waals surface area contributed by atoms with Crippen molar-refractivity contribution in [3.63, 3.8) is 0 Å². The summed E-state index contributed by atoms with van der Waals surface area (Å²) in [5, 5.41) is 3.15. The van der Waals surface area contributed by atoms with E-state index < -0.39 is 75.7 Å². The maximum atomic E-state index is 15.0. The second-order valence-electron chi connectivity index (χ2n) is 6.79. The maximum Gasteiger partial charge on any atom is 0.389 e. The summed E-state index contributed by atoms with van der Waals surface area (Å²) in [5.41, 5.74) is -0.0566. The monoisotopic (exact) mass is 515 g/mol. The normalized spacial score (nSPS) is 23.9. The van der Waals surface area contributed by atoms with Crippen molar-refractivity contribution in [3.05, 3.63) is 82.2 Å². The van der Waals surface area contributed by atoms with E-state index in [9.17, 15) is 39.5 Å². The summed E-state index contributed by atoms with van der Waals surface area (Å²) in [7, 11) is 1.32. The molecule has 0 saturated heterocycles. The Balaban J connectivity index is 1.74. The van der Waals surface area contributed by atoms with E-state index in [0.717, 1.165) is 0 Å². The van der Waals surface area contributed by atoms with E-state index in [1.54, 1.807) is 0 Å². The van der Waals surface area contributed by atoms with Crippen LogP contribution in [0.15, 0.2) is 52.7 Å². The van der Waals surface area contributed by atoms with Gasteiger partial charge in [-0.25, -0.2) is 22.0 Å². The van der Waals surface area contributed by atoms with Crippen LogP contribution < -0.4 is 9.47 Å². The van der Waals surface area contributed by atoms with Gasteiger partial charge >= 0.3 is 11.6 Å². The number of hydrogen-bond acceptors (Lipinski definition) is 5. The van der Waals surface area contributed by atoms with E-state index in [4.69, 9.17) is 9.47 Å². The second kappa shape index (κ2) is 8.09. The Labute approximate surface area is 187 Å². The molecule has 0 fully saturated rings. The van der Waals surface area contributed by atoms with Gasteiger partial charge in [-0.1, -0.05) is 0 Å². The number of ether oxygens (including phenoxy) is 3. The van der Waals surface area contributed by atoms with Crippen molar-refractivity contribution in [3.8, 4) is 11.5 Å². The lowest BCUT2D eigenvalue weighted by molar-refractivity contribution is -0.149. The van der Waals surface area contributed by atoms with Crippen LogP contribution in [-0.4, -0.2) is 24.6 Å². The molecule has 4 rings (SSSR count). The summed E-state index contributed by atoms with van der Waals surface area (Å²) < 4.78 is 155. The molecule has 35 heavy (non-hydrogen) atoms. The Morgan fingerprint density at radius 2 is 1.20 bits per heavy atom. The largest absolute Gasteiger partial charge is 0.497 e. The number of oxime groups is 1. The molecule has 0 N–H and O–H groups in total. The van der Waals surface area contributed by atoms with Crippen LogP contribution in [0, 0.1) is 29.1 Å². The van der Waals surface area contributed by atoms with Gasteiger partial charge in [-0.05, 0) is 29.4 Å². The highest BCUT2D eigenvalue weighted by atomic mass is 19.2. The molecule has 1 heterocycles. The van der Waals surface area contributed by atoms with Crippen molar-refractivity contribution in [2.75, 3.05) is 7.11 Å². The third kappa shape index (κ3) is 3.36. The fourth-order valence-corrected chi connectivity index (χ4v) is 2.96. The molecular weight excluding hydrogens is 508 g/mol. The molecule has 0 aromatic heterocycles. The lowest BCUT2D eigenvalue weighted by Gasteiger charge is -2.32. The van der Waals surface area contributed by atoms with E-state index in [1.165, 1.54) is 31.4 Å². The number of rotatable bonds is 4. The van der Waals surface area contributed by atoms with Gasteiger partial charge in [0.25, 0.3) is 5.90 Å². The third-order valence-corrected chi connectivity index (χ3v) is 4.77. The van der Waals surface area contributed by atoms with Gasteiger partial charge in [-0.2, -0.15) is 22.0 Å². The highest BCUT2D eigenvalue weighted by Gasteiger charge is 2.66. The molecule has 1 aliphatic carbocycles. The van der Waals surface area contributed by atoms with Crippen molar-refractivity contribution in [2.24, 2.45) is 5.16 Å². The van der Waals surface area contributed by atoms with E-state index in [-0.39, 0.29) is 5.56 Å². The van der Waals surface area contributed by atoms with Crippen LogP contribution in [-0.2, 0) is 9.57 Å². The number of halogens is 10. The van der Waals surface area contributed by atoms with E-state index >= 15 is 4.39 Å².